The van der Waals surface area contributed by atoms with Crippen LogP contribution in [0.4, 0.5) is 5.95 Å². The van der Waals surface area contributed by atoms with E-state index in [-0.39, 0.29) is 0 Å². The monoisotopic (exact) mass is 350 g/mol. The van der Waals surface area contributed by atoms with E-state index in [1.165, 1.54) is 5.56 Å². The highest BCUT2D eigenvalue weighted by Crippen LogP contribution is 2.25. The molecule has 3 heterocycles. The van der Waals surface area contributed by atoms with Crippen LogP contribution in [0.1, 0.15) is 18.5 Å². The van der Waals surface area contributed by atoms with Crippen molar-refractivity contribution in [2.75, 3.05) is 38.2 Å². The zero-order chi connectivity index (χ0) is 17.9. The molecule has 1 atom stereocenters. The average molecular weight is 350 g/mol. The Morgan fingerprint density at radius 1 is 0.923 bits per heavy atom. The summed E-state index contributed by atoms with van der Waals surface area (Å²) in [6.45, 7) is 6.00. The summed E-state index contributed by atoms with van der Waals surface area (Å²) in [5, 5.41) is 0. The molecule has 7 nitrogen and oxygen atoms in total. The normalized spacial score (nSPS) is 16.6. The fraction of sp³-hybridized carbons (Fsp3) is 0.368. The molecule has 0 aliphatic carbocycles. The van der Waals surface area contributed by atoms with Crippen LogP contribution < -0.4 is 9.64 Å². The molecule has 134 valence electrons. The maximum absolute atomic E-state index is 5.12. The van der Waals surface area contributed by atoms with Crippen molar-refractivity contribution in [2.45, 2.75) is 13.0 Å². The van der Waals surface area contributed by atoms with Crippen LogP contribution in [0.5, 0.6) is 5.75 Å². The van der Waals surface area contributed by atoms with Gasteiger partial charge in [-0.05, 0) is 24.6 Å². The molecule has 7 heteroatoms. The third kappa shape index (κ3) is 3.30. The molecular formula is C19H22N6O. The van der Waals surface area contributed by atoms with Crippen molar-refractivity contribution < 1.29 is 4.74 Å². The quantitative estimate of drug-likeness (QED) is 0.715. The summed E-state index contributed by atoms with van der Waals surface area (Å²) >= 11 is 0. The molecule has 0 radical (unpaired) electrons. The molecule has 1 unspecified atom stereocenters. The second-order valence-electron chi connectivity index (χ2n) is 6.43. The number of aromatic nitrogens is 4. The summed E-state index contributed by atoms with van der Waals surface area (Å²) in [5.74, 6) is 1.44. The molecule has 0 spiro atoms. The summed E-state index contributed by atoms with van der Waals surface area (Å²) in [4.78, 5) is 22.2. The summed E-state index contributed by atoms with van der Waals surface area (Å²) in [6, 6.07) is 6.68. The molecule has 1 aliphatic rings. The second kappa shape index (κ2) is 7.21. The van der Waals surface area contributed by atoms with Gasteiger partial charge in [-0.2, -0.15) is 0 Å². The van der Waals surface area contributed by atoms with E-state index in [4.69, 9.17) is 4.74 Å². The second-order valence-corrected chi connectivity index (χ2v) is 6.43. The molecule has 0 saturated carbocycles. The molecule has 26 heavy (non-hydrogen) atoms. The van der Waals surface area contributed by atoms with Crippen LogP contribution in [0.2, 0.25) is 0 Å². The number of benzene rings is 1. The van der Waals surface area contributed by atoms with Gasteiger partial charge in [0.05, 0.1) is 30.5 Å². The highest BCUT2D eigenvalue weighted by atomic mass is 16.5. The van der Waals surface area contributed by atoms with Gasteiger partial charge in [0.1, 0.15) is 0 Å². The van der Waals surface area contributed by atoms with Gasteiger partial charge in [-0.1, -0.05) is 6.07 Å². The van der Waals surface area contributed by atoms with Crippen molar-refractivity contribution in [3.05, 3.63) is 48.5 Å². The van der Waals surface area contributed by atoms with Crippen LogP contribution in [0.25, 0.3) is 11.0 Å². The predicted octanol–water partition coefficient (Wildman–Crippen LogP) is 2.31. The van der Waals surface area contributed by atoms with Crippen molar-refractivity contribution in [1.29, 1.82) is 0 Å². The first-order valence-corrected chi connectivity index (χ1v) is 8.80. The van der Waals surface area contributed by atoms with E-state index in [1.807, 2.05) is 0 Å². The first-order valence-electron chi connectivity index (χ1n) is 8.80. The Morgan fingerprint density at radius 2 is 1.62 bits per heavy atom. The van der Waals surface area contributed by atoms with E-state index in [2.05, 4.69) is 54.9 Å². The molecule has 2 aromatic heterocycles. The SMILES string of the molecule is COc1cnc(N2CCN(C(C)c3ccc4nccnc4c3)CC2)nc1. The smallest absolute Gasteiger partial charge is 0.225 e. The standard InChI is InChI=1S/C19H22N6O/c1-14(15-3-4-17-18(11-15)21-6-5-20-17)24-7-9-25(10-8-24)19-22-12-16(26-2)13-23-19/h3-6,11-14H,7-10H2,1-2H3. The molecule has 3 aromatic rings. The highest BCUT2D eigenvalue weighted by molar-refractivity contribution is 5.74. The number of anilines is 1. The van der Waals surface area contributed by atoms with Gasteiger partial charge in [0.25, 0.3) is 0 Å². The maximum atomic E-state index is 5.12. The molecule has 0 bridgehead atoms. The van der Waals surface area contributed by atoms with Crippen LogP contribution in [0.15, 0.2) is 43.0 Å². The lowest BCUT2D eigenvalue weighted by molar-refractivity contribution is 0.198. The Hall–Kier alpha value is -2.80. The molecule has 1 aromatic carbocycles. The lowest BCUT2D eigenvalue weighted by Crippen LogP contribution is -2.47. The number of hydrogen-bond acceptors (Lipinski definition) is 7. The van der Waals surface area contributed by atoms with Gasteiger partial charge in [-0.25, -0.2) is 9.97 Å². The van der Waals surface area contributed by atoms with E-state index in [9.17, 15) is 0 Å². The first-order chi connectivity index (χ1) is 12.7. The number of hydrogen-bond donors (Lipinski definition) is 0. The molecule has 1 aliphatic heterocycles. The topological polar surface area (TPSA) is 67.3 Å². The highest BCUT2D eigenvalue weighted by Gasteiger charge is 2.23. The van der Waals surface area contributed by atoms with Crippen molar-refractivity contribution >= 4 is 17.0 Å². The lowest BCUT2D eigenvalue weighted by atomic mass is 10.1. The van der Waals surface area contributed by atoms with Crippen LogP contribution >= 0.6 is 0 Å². The number of fused-ring (bicyclic) bond motifs is 1. The van der Waals surface area contributed by atoms with Crippen molar-refractivity contribution in [1.82, 2.24) is 24.8 Å². The van der Waals surface area contributed by atoms with Crippen LogP contribution in [-0.2, 0) is 0 Å². The minimum absolute atomic E-state index is 0.334. The van der Waals surface area contributed by atoms with E-state index < -0.39 is 0 Å². The molecule has 0 N–H and O–H groups in total. The number of methoxy groups -OCH3 is 1. The fourth-order valence-electron chi connectivity index (χ4n) is 3.34. The first kappa shape index (κ1) is 16.7. The zero-order valence-corrected chi connectivity index (χ0v) is 15.0. The lowest BCUT2D eigenvalue weighted by Gasteiger charge is -2.38. The van der Waals surface area contributed by atoms with Gasteiger partial charge < -0.3 is 9.64 Å². The Bertz CT molecular complexity index is 877. The number of rotatable bonds is 4. The third-order valence-electron chi connectivity index (χ3n) is 4.97. The number of nitrogens with zero attached hydrogens (tertiary/aromatic N) is 6. The number of piperazine rings is 1. The van der Waals surface area contributed by atoms with Crippen molar-refractivity contribution in [3.8, 4) is 5.75 Å². The van der Waals surface area contributed by atoms with Gasteiger partial charge in [0.15, 0.2) is 5.75 Å². The average Bonchev–Trinajstić information content (AvgIpc) is 2.73. The Morgan fingerprint density at radius 3 is 2.31 bits per heavy atom. The minimum atomic E-state index is 0.334. The third-order valence-corrected chi connectivity index (χ3v) is 4.97. The summed E-state index contributed by atoms with van der Waals surface area (Å²) in [6.07, 6.45) is 6.90. The Kier molecular flexibility index (Phi) is 4.62. The largest absolute Gasteiger partial charge is 0.494 e. The van der Waals surface area contributed by atoms with E-state index in [0.29, 0.717) is 11.8 Å². The predicted molar refractivity (Wildman–Crippen MR) is 100 cm³/mol. The van der Waals surface area contributed by atoms with Crippen LogP contribution in [0, 0.1) is 0 Å². The Balaban J connectivity index is 1.42. The van der Waals surface area contributed by atoms with Gasteiger partial charge in [-0.3, -0.25) is 14.9 Å². The van der Waals surface area contributed by atoms with Crippen molar-refractivity contribution in [3.63, 3.8) is 0 Å². The molecule has 1 saturated heterocycles. The number of ether oxygens (including phenoxy) is 1. The van der Waals surface area contributed by atoms with Gasteiger partial charge >= 0.3 is 0 Å². The fourth-order valence-corrected chi connectivity index (χ4v) is 3.34. The van der Waals surface area contributed by atoms with E-state index >= 15 is 0 Å². The molecule has 4 rings (SSSR count). The maximum Gasteiger partial charge on any atom is 0.225 e. The summed E-state index contributed by atoms with van der Waals surface area (Å²) in [7, 11) is 1.62. The van der Waals surface area contributed by atoms with E-state index in [1.54, 1.807) is 31.9 Å². The minimum Gasteiger partial charge on any atom is -0.494 e. The molecular weight excluding hydrogens is 328 g/mol. The van der Waals surface area contributed by atoms with E-state index in [0.717, 1.165) is 43.2 Å². The van der Waals surface area contributed by atoms with Crippen LogP contribution in [-0.4, -0.2) is 58.1 Å². The van der Waals surface area contributed by atoms with Gasteiger partial charge in [0.2, 0.25) is 5.95 Å². The zero-order valence-electron chi connectivity index (χ0n) is 15.0. The van der Waals surface area contributed by atoms with Crippen LogP contribution in [0.3, 0.4) is 0 Å². The summed E-state index contributed by atoms with van der Waals surface area (Å²) < 4.78 is 5.12. The Labute approximate surface area is 152 Å². The van der Waals surface area contributed by atoms with Gasteiger partial charge in [-0.15, -0.1) is 0 Å². The molecule has 0 amide bonds. The van der Waals surface area contributed by atoms with Gasteiger partial charge in [0, 0.05) is 44.6 Å². The van der Waals surface area contributed by atoms with Crippen molar-refractivity contribution in [2.24, 2.45) is 0 Å². The molecule has 1 fully saturated rings. The summed E-state index contributed by atoms with van der Waals surface area (Å²) in [5.41, 5.74) is 3.15.